The van der Waals surface area contributed by atoms with Crippen LogP contribution in [0.3, 0.4) is 0 Å². The van der Waals surface area contributed by atoms with E-state index in [1.165, 1.54) is 12.1 Å². The number of hydrogen-bond donors (Lipinski definition) is 2. The molecule has 0 saturated heterocycles. The van der Waals surface area contributed by atoms with Crippen LogP contribution in [-0.4, -0.2) is 17.6 Å². The van der Waals surface area contributed by atoms with Crippen LogP contribution in [0.2, 0.25) is 0 Å². The van der Waals surface area contributed by atoms with Crippen molar-refractivity contribution in [2.45, 2.75) is 13.8 Å². The Hall–Kier alpha value is -2.65. The Kier molecular flexibility index (Phi) is 4.36. The fraction of sp³-hybridized carbons (Fsp3) is 0.200. The second-order valence-corrected chi connectivity index (χ2v) is 4.38. The first-order chi connectivity index (χ1) is 10.0. The molecule has 0 aliphatic heterocycles. The molecule has 3 N–H and O–H groups in total. The van der Waals surface area contributed by atoms with E-state index in [9.17, 15) is 9.18 Å². The van der Waals surface area contributed by atoms with E-state index in [1.54, 1.807) is 19.9 Å². The quantitative estimate of drug-likeness (QED) is 0.828. The van der Waals surface area contributed by atoms with Crippen LogP contribution in [0, 0.1) is 31.5 Å². The molecule has 5 nitrogen and oxygen atoms in total. The lowest BCUT2D eigenvalue weighted by Gasteiger charge is -2.04. The van der Waals surface area contributed by atoms with Crippen LogP contribution in [0.15, 0.2) is 22.7 Å². The number of carbonyl (C=O) groups excluding carboxylic acids is 1. The number of aryl methyl sites for hydroxylation is 1. The van der Waals surface area contributed by atoms with Crippen LogP contribution in [0.5, 0.6) is 0 Å². The van der Waals surface area contributed by atoms with Crippen molar-refractivity contribution < 1.29 is 13.7 Å². The number of halogens is 1. The number of rotatable bonds is 2. The molecule has 2 rings (SSSR count). The van der Waals surface area contributed by atoms with E-state index in [0.29, 0.717) is 16.8 Å². The third kappa shape index (κ3) is 3.27. The lowest BCUT2D eigenvalue weighted by atomic mass is 10.1. The SMILES string of the molecule is Cc1noc(NC(=O)c2ccc(C#CCN)cc2F)c1C. The standard InChI is InChI=1S/C15H14FN3O2/c1-9-10(2)19-21-15(9)18-14(20)12-6-5-11(4-3-7-17)8-13(12)16/h5-6,8H,7,17H2,1-2H3,(H,18,20). The zero-order valence-electron chi connectivity index (χ0n) is 11.7. The number of anilines is 1. The molecular weight excluding hydrogens is 273 g/mol. The van der Waals surface area contributed by atoms with Crippen molar-refractivity contribution in [2.75, 3.05) is 11.9 Å². The lowest BCUT2D eigenvalue weighted by molar-refractivity contribution is 0.102. The van der Waals surface area contributed by atoms with Crippen molar-refractivity contribution in [1.29, 1.82) is 0 Å². The fourth-order valence-electron chi connectivity index (χ4n) is 1.63. The molecule has 0 spiro atoms. The van der Waals surface area contributed by atoms with Gasteiger partial charge in [0.25, 0.3) is 5.91 Å². The summed E-state index contributed by atoms with van der Waals surface area (Å²) in [5, 5.41) is 6.21. The molecule has 1 aromatic carbocycles. The van der Waals surface area contributed by atoms with Gasteiger partial charge < -0.3 is 10.3 Å². The summed E-state index contributed by atoms with van der Waals surface area (Å²) in [5.41, 5.74) is 6.98. The monoisotopic (exact) mass is 287 g/mol. The van der Waals surface area contributed by atoms with Crippen molar-refractivity contribution in [3.8, 4) is 11.8 Å². The molecule has 0 radical (unpaired) electrons. The number of benzene rings is 1. The molecule has 21 heavy (non-hydrogen) atoms. The van der Waals surface area contributed by atoms with Gasteiger partial charge in [-0.2, -0.15) is 0 Å². The van der Waals surface area contributed by atoms with Gasteiger partial charge in [-0.25, -0.2) is 4.39 Å². The molecule has 108 valence electrons. The Morgan fingerprint density at radius 1 is 1.48 bits per heavy atom. The van der Waals surface area contributed by atoms with Gasteiger partial charge >= 0.3 is 0 Å². The van der Waals surface area contributed by atoms with Crippen molar-refractivity contribution in [1.82, 2.24) is 5.16 Å². The zero-order valence-corrected chi connectivity index (χ0v) is 11.7. The summed E-state index contributed by atoms with van der Waals surface area (Å²) in [5.74, 6) is 4.26. The van der Waals surface area contributed by atoms with Gasteiger partial charge in [-0.1, -0.05) is 17.0 Å². The summed E-state index contributed by atoms with van der Waals surface area (Å²) in [6.45, 7) is 3.69. The minimum atomic E-state index is -0.662. The summed E-state index contributed by atoms with van der Waals surface area (Å²) in [6, 6.07) is 4.11. The minimum absolute atomic E-state index is 0.0956. The van der Waals surface area contributed by atoms with Crippen LogP contribution < -0.4 is 11.1 Å². The molecule has 1 amide bonds. The molecule has 0 fully saturated rings. The number of nitrogens with two attached hydrogens (primary N) is 1. The molecule has 0 aliphatic carbocycles. The zero-order chi connectivity index (χ0) is 15.4. The van der Waals surface area contributed by atoms with Gasteiger partial charge in [-0.05, 0) is 32.0 Å². The van der Waals surface area contributed by atoms with E-state index in [2.05, 4.69) is 22.3 Å². The van der Waals surface area contributed by atoms with E-state index in [-0.39, 0.29) is 18.0 Å². The normalized spacial score (nSPS) is 9.90. The first kappa shape index (κ1) is 14.8. The van der Waals surface area contributed by atoms with Crippen molar-refractivity contribution in [3.05, 3.63) is 46.4 Å². The van der Waals surface area contributed by atoms with Crippen LogP contribution in [0.4, 0.5) is 10.3 Å². The smallest absolute Gasteiger partial charge is 0.261 e. The maximum atomic E-state index is 13.9. The Balaban J connectivity index is 2.22. The van der Waals surface area contributed by atoms with Crippen LogP contribution in [0.1, 0.15) is 27.2 Å². The maximum absolute atomic E-state index is 13.9. The van der Waals surface area contributed by atoms with E-state index >= 15 is 0 Å². The first-order valence-electron chi connectivity index (χ1n) is 6.25. The predicted molar refractivity (Wildman–Crippen MR) is 76.3 cm³/mol. The van der Waals surface area contributed by atoms with Crippen LogP contribution >= 0.6 is 0 Å². The Morgan fingerprint density at radius 2 is 2.24 bits per heavy atom. The highest BCUT2D eigenvalue weighted by molar-refractivity contribution is 6.04. The van der Waals surface area contributed by atoms with Gasteiger partial charge in [-0.3, -0.25) is 10.1 Å². The first-order valence-corrected chi connectivity index (χ1v) is 6.25. The lowest BCUT2D eigenvalue weighted by Crippen LogP contribution is -2.14. The van der Waals surface area contributed by atoms with Crippen molar-refractivity contribution in [2.24, 2.45) is 5.73 Å². The highest BCUT2D eigenvalue weighted by atomic mass is 19.1. The highest BCUT2D eigenvalue weighted by Gasteiger charge is 2.16. The number of nitrogens with zero attached hydrogens (tertiary/aromatic N) is 1. The summed E-state index contributed by atoms with van der Waals surface area (Å²) < 4.78 is 18.9. The fourth-order valence-corrected chi connectivity index (χ4v) is 1.63. The average Bonchev–Trinajstić information content (AvgIpc) is 2.77. The minimum Gasteiger partial charge on any atom is -0.338 e. The Morgan fingerprint density at radius 3 is 2.81 bits per heavy atom. The van der Waals surface area contributed by atoms with Gasteiger partial charge in [0.1, 0.15) is 5.82 Å². The summed E-state index contributed by atoms with van der Waals surface area (Å²) in [6.07, 6.45) is 0. The largest absolute Gasteiger partial charge is 0.338 e. The number of nitrogens with one attached hydrogen (secondary N) is 1. The molecule has 0 saturated carbocycles. The van der Waals surface area contributed by atoms with Crippen LogP contribution in [-0.2, 0) is 0 Å². The van der Waals surface area contributed by atoms with Crippen molar-refractivity contribution in [3.63, 3.8) is 0 Å². The molecular formula is C15H14FN3O2. The summed E-state index contributed by atoms with van der Waals surface area (Å²) in [7, 11) is 0. The van der Waals surface area contributed by atoms with E-state index in [1.807, 2.05) is 0 Å². The third-order valence-electron chi connectivity index (χ3n) is 2.93. The van der Waals surface area contributed by atoms with E-state index in [4.69, 9.17) is 10.3 Å². The molecule has 0 bridgehead atoms. The molecule has 0 unspecified atom stereocenters. The molecule has 6 heteroatoms. The molecule has 1 heterocycles. The van der Waals surface area contributed by atoms with E-state index in [0.717, 1.165) is 0 Å². The number of amides is 1. The number of aromatic nitrogens is 1. The van der Waals surface area contributed by atoms with Gasteiger partial charge in [0.05, 0.1) is 17.8 Å². The summed E-state index contributed by atoms with van der Waals surface area (Å²) >= 11 is 0. The van der Waals surface area contributed by atoms with E-state index < -0.39 is 11.7 Å². The highest BCUT2D eigenvalue weighted by Crippen LogP contribution is 2.19. The molecule has 1 aromatic heterocycles. The average molecular weight is 287 g/mol. The second-order valence-electron chi connectivity index (χ2n) is 4.38. The van der Waals surface area contributed by atoms with Gasteiger partial charge in [0, 0.05) is 11.1 Å². The molecule has 2 aromatic rings. The third-order valence-corrected chi connectivity index (χ3v) is 2.93. The predicted octanol–water partition coefficient (Wildman–Crippen LogP) is 1.99. The van der Waals surface area contributed by atoms with Crippen molar-refractivity contribution >= 4 is 11.8 Å². The Bertz CT molecular complexity index is 741. The number of hydrogen-bond acceptors (Lipinski definition) is 4. The Labute approximate surface area is 121 Å². The van der Waals surface area contributed by atoms with Gasteiger partial charge in [0.15, 0.2) is 0 Å². The summed E-state index contributed by atoms with van der Waals surface area (Å²) in [4.78, 5) is 12.0. The van der Waals surface area contributed by atoms with Gasteiger partial charge in [0.2, 0.25) is 5.88 Å². The molecule has 0 atom stereocenters. The maximum Gasteiger partial charge on any atom is 0.261 e. The molecule has 0 aliphatic rings. The second kappa shape index (κ2) is 6.20. The topological polar surface area (TPSA) is 81.2 Å². The van der Waals surface area contributed by atoms with Crippen LogP contribution in [0.25, 0.3) is 0 Å². The van der Waals surface area contributed by atoms with Gasteiger partial charge in [-0.15, -0.1) is 0 Å². The number of carbonyl (C=O) groups is 1.